The summed E-state index contributed by atoms with van der Waals surface area (Å²) in [5, 5.41) is 10.4. The Hall–Kier alpha value is -3.27. The molecule has 1 amide bonds. The van der Waals surface area contributed by atoms with Crippen molar-refractivity contribution in [3.05, 3.63) is 35.6 Å². The second kappa shape index (κ2) is 7.65. The van der Waals surface area contributed by atoms with Crippen molar-refractivity contribution in [3.8, 4) is 11.3 Å². The molecular formula is C22H20ClF2N7O. The molecule has 11 heteroatoms. The van der Waals surface area contributed by atoms with Crippen molar-refractivity contribution in [1.82, 2.24) is 24.6 Å². The number of carbonyl (C=O) groups is 1. The van der Waals surface area contributed by atoms with Crippen molar-refractivity contribution in [2.75, 3.05) is 23.3 Å². The SMILES string of the molecule is O=C(Nc1cn2cc(-c3c(Cl)c(F)c(N4CCCCC4)c4[nH]ncc34)ncc2n1)[C@@H]1C[C@@H]1F. The molecule has 0 radical (unpaired) electrons. The van der Waals surface area contributed by atoms with Crippen LogP contribution in [0.4, 0.5) is 20.3 Å². The van der Waals surface area contributed by atoms with E-state index in [1.54, 1.807) is 23.0 Å². The molecule has 1 saturated carbocycles. The van der Waals surface area contributed by atoms with Gasteiger partial charge < -0.3 is 14.6 Å². The van der Waals surface area contributed by atoms with Crippen LogP contribution in [0.15, 0.2) is 24.8 Å². The van der Waals surface area contributed by atoms with Crippen LogP contribution >= 0.6 is 11.6 Å². The molecule has 0 spiro atoms. The van der Waals surface area contributed by atoms with E-state index in [2.05, 4.69) is 25.5 Å². The number of piperidine rings is 1. The number of fused-ring (bicyclic) bond motifs is 2. The molecule has 170 valence electrons. The first-order valence-corrected chi connectivity index (χ1v) is 11.3. The summed E-state index contributed by atoms with van der Waals surface area (Å²) in [6.45, 7) is 1.52. The molecule has 1 aliphatic heterocycles. The van der Waals surface area contributed by atoms with Gasteiger partial charge in [-0.1, -0.05) is 11.6 Å². The van der Waals surface area contributed by atoms with Crippen LogP contribution in [0.2, 0.25) is 5.02 Å². The molecule has 2 atom stereocenters. The number of aromatic amines is 1. The summed E-state index contributed by atoms with van der Waals surface area (Å²) < 4.78 is 30.4. The van der Waals surface area contributed by atoms with Gasteiger partial charge >= 0.3 is 0 Å². The number of amides is 1. The Kier molecular flexibility index (Phi) is 4.72. The second-order valence-corrected chi connectivity index (χ2v) is 8.95. The van der Waals surface area contributed by atoms with Gasteiger partial charge in [0.1, 0.15) is 11.9 Å². The summed E-state index contributed by atoms with van der Waals surface area (Å²) in [6, 6.07) is 0. The van der Waals surface area contributed by atoms with Gasteiger partial charge in [-0.3, -0.25) is 14.9 Å². The van der Waals surface area contributed by atoms with Crippen LogP contribution in [0.5, 0.6) is 0 Å². The average molecular weight is 472 g/mol. The van der Waals surface area contributed by atoms with E-state index in [0.29, 0.717) is 39.3 Å². The number of hydrogen-bond donors (Lipinski definition) is 2. The summed E-state index contributed by atoms with van der Waals surface area (Å²) >= 11 is 6.57. The fraction of sp³-hybridized carbons (Fsp3) is 0.364. The number of carbonyl (C=O) groups excluding carboxylic acids is 1. The number of rotatable bonds is 4. The van der Waals surface area contributed by atoms with E-state index >= 15 is 4.39 Å². The number of anilines is 2. The standard InChI is InChI=1S/C22H20ClF2N7O/c23-18-17(12-7-27-30-20(12)21(19(18)25)31-4-2-1-3-5-31)14-9-32-10-15(28-16(32)8-26-14)29-22(33)11-6-13(11)24/h7-11,13H,1-6H2,(H,27,30)(H,29,33)/t11-,13+/m1/s1. The van der Waals surface area contributed by atoms with Gasteiger partial charge in [0.25, 0.3) is 0 Å². The number of benzene rings is 1. The lowest BCUT2D eigenvalue weighted by Crippen LogP contribution is -2.30. The van der Waals surface area contributed by atoms with E-state index in [-0.39, 0.29) is 11.4 Å². The number of nitrogens with zero attached hydrogens (tertiary/aromatic N) is 5. The third kappa shape index (κ3) is 3.40. The molecule has 4 aromatic rings. The van der Waals surface area contributed by atoms with Crippen molar-refractivity contribution in [2.45, 2.75) is 31.9 Å². The molecule has 6 rings (SSSR count). The van der Waals surface area contributed by atoms with E-state index in [1.807, 2.05) is 4.90 Å². The quantitative estimate of drug-likeness (QED) is 0.461. The molecule has 1 aromatic carbocycles. The maximum atomic E-state index is 15.6. The Balaban J connectivity index is 1.41. The first-order valence-electron chi connectivity index (χ1n) is 10.9. The van der Waals surface area contributed by atoms with Gasteiger partial charge in [-0.25, -0.2) is 13.8 Å². The summed E-state index contributed by atoms with van der Waals surface area (Å²) in [6.07, 6.45) is 8.69. The van der Waals surface area contributed by atoms with E-state index in [9.17, 15) is 9.18 Å². The third-order valence-electron chi connectivity index (χ3n) is 6.34. The minimum Gasteiger partial charge on any atom is -0.367 e. The number of halogens is 3. The molecule has 0 bridgehead atoms. The van der Waals surface area contributed by atoms with Gasteiger partial charge in [0.15, 0.2) is 17.3 Å². The predicted molar refractivity (Wildman–Crippen MR) is 121 cm³/mol. The van der Waals surface area contributed by atoms with Crippen molar-refractivity contribution in [1.29, 1.82) is 0 Å². The van der Waals surface area contributed by atoms with Gasteiger partial charge in [0.05, 0.1) is 40.7 Å². The number of H-pyrrole nitrogens is 1. The summed E-state index contributed by atoms with van der Waals surface area (Å²) in [4.78, 5) is 22.8. The van der Waals surface area contributed by atoms with Gasteiger partial charge in [-0.05, 0) is 25.7 Å². The molecule has 3 aromatic heterocycles. The Bertz CT molecular complexity index is 1390. The zero-order chi connectivity index (χ0) is 22.7. The molecule has 2 fully saturated rings. The molecule has 0 unspecified atom stereocenters. The summed E-state index contributed by atoms with van der Waals surface area (Å²) in [5.74, 6) is -1.21. The topological polar surface area (TPSA) is 91.2 Å². The molecule has 33 heavy (non-hydrogen) atoms. The zero-order valence-corrected chi connectivity index (χ0v) is 18.2. The van der Waals surface area contributed by atoms with E-state index < -0.39 is 23.8 Å². The van der Waals surface area contributed by atoms with Crippen LogP contribution in [0.3, 0.4) is 0 Å². The number of alkyl halides is 1. The maximum Gasteiger partial charge on any atom is 0.231 e. The monoisotopic (exact) mass is 471 g/mol. The largest absolute Gasteiger partial charge is 0.367 e. The van der Waals surface area contributed by atoms with Crippen LogP contribution in [0.25, 0.3) is 27.8 Å². The Morgan fingerprint density at radius 1 is 1.21 bits per heavy atom. The van der Waals surface area contributed by atoms with Crippen LogP contribution in [-0.4, -0.2) is 49.7 Å². The summed E-state index contributed by atoms with van der Waals surface area (Å²) in [7, 11) is 0. The minimum atomic E-state index is -1.09. The lowest BCUT2D eigenvalue weighted by Gasteiger charge is -2.30. The van der Waals surface area contributed by atoms with Crippen molar-refractivity contribution in [2.24, 2.45) is 5.92 Å². The van der Waals surface area contributed by atoms with E-state index in [4.69, 9.17) is 11.6 Å². The Morgan fingerprint density at radius 2 is 2.00 bits per heavy atom. The molecule has 4 heterocycles. The predicted octanol–water partition coefficient (Wildman–Crippen LogP) is 4.35. The highest BCUT2D eigenvalue weighted by molar-refractivity contribution is 6.35. The second-order valence-electron chi connectivity index (χ2n) is 8.57. The molecule has 8 nitrogen and oxygen atoms in total. The van der Waals surface area contributed by atoms with Crippen molar-refractivity contribution >= 4 is 45.6 Å². The Morgan fingerprint density at radius 3 is 2.76 bits per heavy atom. The molecule has 2 aliphatic rings. The van der Waals surface area contributed by atoms with Crippen LogP contribution < -0.4 is 10.2 Å². The van der Waals surface area contributed by atoms with Gasteiger partial charge in [0.2, 0.25) is 5.91 Å². The van der Waals surface area contributed by atoms with E-state index in [1.165, 1.54) is 6.20 Å². The van der Waals surface area contributed by atoms with Crippen LogP contribution in [-0.2, 0) is 4.79 Å². The van der Waals surface area contributed by atoms with Crippen molar-refractivity contribution in [3.63, 3.8) is 0 Å². The van der Waals surface area contributed by atoms with Crippen LogP contribution in [0.1, 0.15) is 25.7 Å². The lowest BCUT2D eigenvalue weighted by atomic mass is 10.0. The molecular weight excluding hydrogens is 452 g/mol. The normalized spacial score (nSPS) is 20.5. The van der Waals surface area contributed by atoms with Gasteiger partial charge in [0, 0.05) is 30.2 Å². The fourth-order valence-corrected chi connectivity index (χ4v) is 4.79. The molecule has 1 saturated heterocycles. The van der Waals surface area contributed by atoms with E-state index in [0.717, 1.165) is 32.4 Å². The highest BCUT2D eigenvalue weighted by atomic mass is 35.5. The van der Waals surface area contributed by atoms with Gasteiger partial charge in [-0.2, -0.15) is 5.10 Å². The summed E-state index contributed by atoms with van der Waals surface area (Å²) in [5.41, 5.74) is 2.37. The fourth-order valence-electron chi connectivity index (χ4n) is 4.51. The number of nitrogens with one attached hydrogen (secondary N) is 2. The molecule has 2 N–H and O–H groups in total. The first-order chi connectivity index (χ1) is 16.0. The number of hydrogen-bond acceptors (Lipinski definition) is 5. The van der Waals surface area contributed by atoms with Gasteiger partial charge in [-0.15, -0.1) is 0 Å². The molecule has 1 aliphatic carbocycles. The highest BCUT2D eigenvalue weighted by Crippen LogP contribution is 2.42. The average Bonchev–Trinajstić information content (AvgIpc) is 3.18. The number of aromatic nitrogens is 5. The first kappa shape index (κ1) is 20.3. The third-order valence-corrected chi connectivity index (χ3v) is 6.69. The minimum absolute atomic E-state index is 0.0207. The van der Waals surface area contributed by atoms with Crippen molar-refractivity contribution < 1.29 is 13.6 Å². The number of imidazole rings is 1. The maximum absolute atomic E-state index is 15.6. The van der Waals surface area contributed by atoms with Crippen LogP contribution in [0, 0.1) is 11.7 Å². The Labute approximate surface area is 192 Å². The highest BCUT2D eigenvalue weighted by Gasteiger charge is 2.43. The zero-order valence-electron chi connectivity index (χ0n) is 17.5. The lowest BCUT2D eigenvalue weighted by molar-refractivity contribution is -0.117. The smallest absolute Gasteiger partial charge is 0.231 e.